The molecule has 1 aliphatic rings. The first-order chi connectivity index (χ1) is 10.2. The smallest absolute Gasteiger partial charge is 0.191 e. The Morgan fingerprint density at radius 1 is 1.32 bits per heavy atom. The van der Waals surface area contributed by atoms with Crippen molar-refractivity contribution in [1.82, 2.24) is 10.6 Å². The molecule has 0 spiro atoms. The van der Waals surface area contributed by atoms with Crippen LogP contribution in [0.3, 0.4) is 0 Å². The summed E-state index contributed by atoms with van der Waals surface area (Å²) in [6.45, 7) is 2.56. The number of hydrogen-bond acceptors (Lipinski definition) is 2. The van der Waals surface area contributed by atoms with Crippen molar-refractivity contribution < 1.29 is 4.74 Å². The number of halogens is 2. The maximum atomic E-state index is 5.05. The van der Waals surface area contributed by atoms with Gasteiger partial charge in [0.25, 0.3) is 0 Å². The van der Waals surface area contributed by atoms with E-state index in [1.807, 2.05) is 7.05 Å². The fourth-order valence-corrected chi connectivity index (χ4v) is 3.19. The van der Waals surface area contributed by atoms with E-state index in [1.165, 1.54) is 22.9 Å². The van der Waals surface area contributed by atoms with Crippen LogP contribution in [0, 0.1) is 0 Å². The maximum absolute atomic E-state index is 5.05. The van der Waals surface area contributed by atoms with Crippen LogP contribution in [0.25, 0.3) is 0 Å². The molecule has 2 rings (SSSR count). The third-order valence-electron chi connectivity index (χ3n) is 3.93. The SMILES string of the molecule is CN=C(NCCCOC)NCC1(c2ccccc2Br)CC1.I. The highest BCUT2D eigenvalue weighted by Crippen LogP contribution is 2.49. The van der Waals surface area contributed by atoms with Crippen molar-refractivity contribution >= 4 is 45.9 Å². The van der Waals surface area contributed by atoms with E-state index < -0.39 is 0 Å². The van der Waals surface area contributed by atoms with Crippen LogP contribution in [0.4, 0.5) is 0 Å². The summed E-state index contributed by atoms with van der Waals surface area (Å²) >= 11 is 3.67. The highest BCUT2D eigenvalue weighted by atomic mass is 127. The Bertz CT molecular complexity index is 492. The summed E-state index contributed by atoms with van der Waals surface area (Å²) in [5.41, 5.74) is 1.65. The first-order valence-electron chi connectivity index (χ1n) is 7.40. The van der Waals surface area contributed by atoms with Gasteiger partial charge < -0.3 is 15.4 Å². The van der Waals surface area contributed by atoms with Gasteiger partial charge in [-0.25, -0.2) is 0 Å². The van der Waals surface area contributed by atoms with Crippen molar-refractivity contribution in [3.05, 3.63) is 34.3 Å². The fourth-order valence-electron chi connectivity index (χ4n) is 2.48. The van der Waals surface area contributed by atoms with Crippen molar-refractivity contribution in [1.29, 1.82) is 0 Å². The summed E-state index contributed by atoms with van der Waals surface area (Å²) in [6, 6.07) is 8.51. The number of rotatable bonds is 7. The van der Waals surface area contributed by atoms with Gasteiger partial charge in [-0.05, 0) is 30.9 Å². The lowest BCUT2D eigenvalue weighted by atomic mass is 9.96. The van der Waals surface area contributed by atoms with Gasteiger partial charge in [0.1, 0.15) is 0 Å². The van der Waals surface area contributed by atoms with Crippen LogP contribution in [0.15, 0.2) is 33.7 Å². The van der Waals surface area contributed by atoms with Gasteiger partial charge in [-0.1, -0.05) is 34.1 Å². The Labute approximate surface area is 158 Å². The van der Waals surface area contributed by atoms with Gasteiger partial charge in [-0.15, -0.1) is 24.0 Å². The molecule has 0 bridgehead atoms. The summed E-state index contributed by atoms with van der Waals surface area (Å²) in [6.07, 6.45) is 3.43. The molecule has 0 radical (unpaired) electrons. The average Bonchev–Trinajstić information content (AvgIpc) is 3.28. The molecule has 1 fully saturated rings. The normalized spacial score (nSPS) is 15.9. The minimum Gasteiger partial charge on any atom is -0.385 e. The first-order valence-corrected chi connectivity index (χ1v) is 8.19. The van der Waals surface area contributed by atoms with Crippen molar-refractivity contribution in [2.45, 2.75) is 24.7 Å². The van der Waals surface area contributed by atoms with Crippen LogP contribution in [-0.4, -0.2) is 39.8 Å². The highest BCUT2D eigenvalue weighted by Gasteiger charge is 2.45. The summed E-state index contributed by atoms with van der Waals surface area (Å²) in [7, 11) is 3.53. The van der Waals surface area contributed by atoms with E-state index in [0.29, 0.717) is 0 Å². The van der Waals surface area contributed by atoms with E-state index in [9.17, 15) is 0 Å². The second kappa shape index (κ2) is 9.72. The predicted molar refractivity (Wildman–Crippen MR) is 106 cm³/mol. The molecular formula is C16H25BrIN3O. The molecule has 0 aromatic heterocycles. The zero-order valence-corrected chi connectivity index (χ0v) is 17.1. The molecule has 1 aromatic carbocycles. The van der Waals surface area contributed by atoms with Gasteiger partial charge in [-0.2, -0.15) is 0 Å². The third kappa shape index (κ3) is 5.38. The topological polar surface area (TPSA) is 45.7 Å². The zero-order chi connectivity index (χ0) is 15.1. The first kappa shape index (κ1) is 19.7. The zero-order valence-electron chi connectivity index (χ0n) is 13.2. The number of methoxy groups -OCH3 is 1. The second-order valence-corrected chi connectivity index (χ2v) is 6.31. The molecule has 124 valence electrons. The van der Waals surface area contributed by atoms with E-state index in [-0.39, 0.29) is 29.4 Å². The number of ether oxygens (including phenoxy) is 1. The molecule has 0 saturated heterocycles. The summed E-state index contributed by atoms with van der Waals surface area (Å²) in [4.78, 5) is 4.27. The fraction of sp³-hybridized carbons (Fsp3) is 0.562. The van der Waals surface area contributed by atoms with E-state index >= 15 is 0 Å². The molecular weight excluding hydrogens is 457 g/mol. The molecule has 0 aliphatic heterocycles. The van der Waals surface area contributed by atoms with E-state index in [0.717, 1.165) is 32.1 Å². The number of aliphatic imine (C=N–C) groups is 1. The molecule has 1 aliphatic carbocycles. The third-order valence-corrected chi connectivity index (χ3v) is 4.63. The van der Waals surface area contributed by atoms with Gasteiger partial charge in [0.2, 0.25) is 0 Å². The quantitative estimate of drug-likeness (QED) is 0.272. The maximum Gasteiger partial charge on any atom is 0.191 e. The van der Waals surface area contributed by atoms with Crippen molar-refractivity contribution in [2.24, 2.45) is 4.99 Å². The minimum absolute atomic E-state index is 0. The molecule has 0 atom stereocenters. The molecule has 0 amide bonds. The molecule has 2 N–H and O–H groups in total. The van der Waals surface area contributed by atoms with Crippen LogP contribution in [0.1, 0.15) is 24.8 Å². The Morgan fingerprint density at radius 3 is 2.64 bits per heavy atom. The summed E-state index contributed by atoms with van der Waals surface area (Å²) in [5, 5.41) is 6.77. The Kier molecular flexibility index (Phi) is 8.71. The lowest BCUT2D eigenvalue weighted by molar-refractivity contribution is 0.195. The number of benzene rings is 1. The average molecular weight is 482 g/mol. The van der Waals surface area contributed by atoms with E-state index in [2.05, 4.69) is 55.8 Å². The molecule has 6 heteroatoms. The molecule has 1 saturated carbocycles. The van der Waals surface area contributed by atoms with Gasteiger partial charge in [0, 0.05) is 43.7 Å². The Hall–Kier alpha value is -0.340. The minimum atomic E-state index is 0. The van der Waals surface area contributed by atoms with Crippen molar-refractivity contribution in [2.75, 3.05) is 33.9 Å². The molecule has 0 heterocycles. The Balaban J connectivity index is 0.00000242. The van der Waals surface area contributed by atoms with Crippen molar-refractivity contribution in [3.8, 4) is 0 Å². The standard InChI is InChI=1S/C16H24BrN3O.HI/c1-18-15(19-10-5-11-21-2)20-12-16(8-9-16)13-6-3-4-7-14(13)17;/h3-4,6-7H,5,8-12H2,1-2H3,(H2,18,19,20);1H. The van der Waals surface area contributed by atoms with Gasteiger partial charge in [0.05, 0.1) is 0 Å². The van der Waals surface area contributed by atoms with Crippen LogP contribution in [-0.2, 0) is 10.2 Å². The van der Waals surface area contributed by atoms with Gasteiger partial charge >= 0.3 is 0 Å². The second-order valence-electron chi connectivity index (χ2n) is 5.46. The lowest BCUT2D eigenvalue weighted by Gasteiger charge is -2.20. The molecule has 0 unspecified atom stereocenters. The van der Waals surface area contributed by atoms with Crippen LogP contribution in [0.2, 0.25) is 0 Å². The monoisotopic (exact) mass is 481 g/mol. The number of guanidine groups is 1. The number of hydrogen-bond donors (Lipinski definition) is 2. The predicted octanol–water partition coefficient (Wildman–Crippen LogP) is 3.30. The molecule has 4 nitrogen and oxygen atoms in total. The summed E-state index contributed by atoms with van der Waals surface area (Å²) < 4.78 is 6.25. The van der Waals surface area contributed by atoms with Crippen molar-refractivity contribution in [3.63, 3.8) is 0 Å². The largest absolute Gasteiger partial charge is 0.385 e. The van der Waals surface area contributed by atoms with Gasteiger partial charge in [-0.3, -0.25) is 4.99 Å². The molecule has 1 aromatic rings. The summed E-state index contributed by atoms with van der Waals surface area (Å²) in [5.74, 6) is 0.865. The lowest BCUT2D eigenvalue weighted by Crippen LogP contribution is -2.41. The number of nitrogens with one attached hydrogen (secondary N) is 2. The van der Waals surface area contributed by atoms with E-state index in [1.54, 1.807) is 7.11 Å². The van der Waals surface area contributed by atoms with Gasteiger partial charge in [0.15, 0.2) is 5.96 Å². The van der Waals surface area contributed by atoms with E-state index in [4.69, 9.17) is 4.74 Å². The van der Waals surface area contributed by atoms with Crippen LogP contribution < -0.4 is 10.6 Å². The highest BCUT2D eigenvalue weighted by molar-refractivity contribution is 14.0. The Morgan fingerprint density at radius 2 is 2.05 bits per heavy atom. The number of nitrogens with zero attached hydrogens (tertiary/aromatic N) is 1. The van der Waals surface area contributed by atoms with Crippen LogP contribution in [0.5, 0.6) is 0 Å². The van der Waals surface area contributed by atoms with Crippen LogP contribution >= 0.6 is 39.9 Å². The molecule has 22 heavy (non-hydrogen) atoms.